The highest BCUT2D eigenvalue weighted by Crippen LogP contribution is 2.36. The number of hydrogen-bond acceptors (Lipinski definition) is 3. The molecule has 0 radical (unpaired) electrons. The first kappa shape index (κ1) is 12.0. The van der Waals surface area contributed by atoms with Crippen molar-refractivity contribution in [1.82, 2.24) is 0 Å². The number of aliphatic carboxylic acids is 1. The summed E-state index contributed by atoms with van der Waals surface area (Å²) in [7, 11) is 0. The van der Waals surface area contributed by atoms with Crippen molar-refractivity contribution >= 4 is 11.9 Å². The molecule has 1 rings (SSSR count). The second kappa shape index (κ2) is 4.21. The molecule has 1 fully saturated rings. The summed E-state index contributed by atoms with van der Waals surface area (Å²) in [6.45, 7) is 5.48. The molecule has 4 heteroatoms. The first-order chi connectivity index (χ1) is 6.78. The van der Waals surface area contributed by atoms with Crippen molar-refractivity contribution in [3.05, 3.63) is 0 Å². The van der Waals surface area contributed by atoms with E-state index in [2.05, 4.69) is 0 Å². The molecule has 1 saturated carbocycles. The van der Waals surface area contributed by atoms with E-state index >= 15 is 0 Å². The number of carbonyl (C=O) groups excluding carboxylic acids is 1. The molecule has 0 bridgehead atoms. The molecule has 0 unspecified atom stereocenters. The fourth-order valence-electron chi connectivity index (χ4n) is 1.72. The topological polar surface area (TPSA) is 63.6 Å². The zero-order valence-corrected chi connectivity index (χ0v) is 9.45. The van der Waals surface area contributed by atoms with Crippen molar-refractivity contribution in [2.75, 3.05) is 0 Å². The standard InChI is InChI=1S/C11H18O4/c1-11(2,3)15-9(12)6-7-4-8(5-7)10(13)14/h7-8H,4-6H2,1-3H3,(H,13,14)/t7-,8+. The van der Waals surface area contributed by atoms with E-state index in [4.69, 9.17) is 9.84 Å². The van der Waals surface area contributed by atoms with Crippen molar-refractivity contribution < 1.29 is 19.4 Å². The van der Waals surface area contributed by atoms with Crippen LogP contribution >= 0.6 is 0 Å². The molecule has 0 spiro atoms. The van der Waals surface area contributed by atoms with Crippen LogP contribution in [0.5, 0.6) is 0 Å². The Morgan fingerprint density at radius 1 is 1.33 bits per heavy atom. The highest BCUT2D eigenvalue weighted by atomic mass is 16.6. The molecule has 1 N–H and O–H groups in total. The fourth-order valence-corrected chi connectivity index (χ4v) is 1.72. The van der Waals surface area contributed by atoms with Crippen LogP contribution in [0.4, 0.5) is 0 Å². The van der Waals surface area contributed by atoms with E-state index in [0.717, 1.165) is 0 Å². The zero-order valence-electron chi connectivity index (χ0n) is 9.45. The quantitative estimate of drug-likeness (QED) is 0.728. The van der Waals surface area contributed by atoms with E-state index < -0.39 is 11.6 Å². The van der Waals surface area contributed by atoms with Crippen LogP contribution in [0.3, 0.4) is 0 Å². The molecule has 0 saturated heterocycles. The molecular formula is C11H18O4. The van der Waals surface area contributed by atoms with Gasteiger partial charge in [-0.1, -0.05) is 0 Å². The van der Waals surface area contributed by atoms with Crippen molar-refractivity contribution in [2.45, 2.75) is 45.6 Å². The predicted molar refractivity (Wildman–Crippen MR) is 54.3 cm³/mol. The predicted octanol–water partition coefficient (Wildman–Crippen LogP) is 1.83. The summed E-state index contributed by atoms with van der Waals surface area (Å²) < 4.78 is 5.15. The molecule has 0 atom stereocenters. The largest absolute Gasteiger partial charge is 0.481 e. The van der Waals surface area contributed by atoms with E-state index in [1.54, 1.807) is 0 Å². The number of carboxylic acids is 1. The van der Waals surface area contributed by atoms with Gasteiger partial charge in [0.25, 0.3) is 0 Å². The van der Waals surface area contributed by atoms with Crippen LogP contribution in [-0.4, -0.2) is 22.6 Å². The summed E-state index contributed by atoms with van der Waals surface area (Å²) >= 11 is 0. The third kappa shape index (κ3) is 3.90. The first-order valence-electron chi connectivity index (χ1n) is 5.22. The molecule has 0 aromatic heterocycles. The van der Waals surface area contributed by atoms with Crippen LogP contribution < -0.4 is 0 Å². The van der Waals surface area contributed by atoms with Crippen LogP contribution in [0.15, 0.2) is 0 Å². The maximum Gasteiger partial charge on any atom is 0.306 e. The summed E-state index contributed by atoms with van der Waals surface area (Å²) in [5.41, 5.74) is -0.451. The highest BCUT2D eigenvalue weighted by Gasteiger charge is 2.36. The summed E-state index contributed by atoms with van der Waals surface area (Å²) in [4.78, 5) is 21.9. The summed E-state index contributed by atoms with van der Waals surface area (Å²) in [6.07, 6.45) is 1.56. The fraction of sp³-hybridized carbons (Fsp3) is 0.818. The van der Waals surface area contributed by atoms with Gasteiger partial charge in [0.05, 0.1) is 5.92 Å². The first-order valence-corrected chi connectivity index (χ1v) is 5.22. The van der Waals surface area contributed by atoms with Crippen LogP contribution in [0.2, 0.25) is 0 Å². The molecule has 1 aliphatic rings. The minimum absolute atomic E-state index is 0.195. The number of rotatable bonds is 3. The van der Waals surface area contributed by atoms with Gasteiger partial charge < -0.3 is 9.84 Å². The van der Waals surface area contributed by atoms with Gasteiger partial charge in [0, 0.05) is 6.42 Å². The number of hydrogen-bond donors (Lipinski definition) is 1. The van der Waals surface area contributed by atoms with Crippen molar-refractivity contribution in [3.8, 4) is 0 Å². The van der Waals surface area contributed by atoms with E-state index in [1.165, 1.54) is 0 Å². The molecule has 15 heavy (non-hydrogen) atoms. The Morgan fingerprint density at radius 2 is 1.87 bits per heavy atom. The Balaban J connectivity index is 2.22. The Hall–Kier alpha value is -1.06. The summed E-state index contributed by atoms with van der Waals surface area (Å²) in [6, 6.07) is 0. The number of carbonyl (C=O) groups is 2. The Kier molecular flexibility index (Phi) is 3.37. The SMILES string of the molecule is CC(C)(C)OC(=O)C[C@H]1C[C@@H](C(=O)O)C1. The van der Waals surface area contributed by atoms with Gasteiger partial charge in [-0.05, 0) is 39.5 Å². The van der Waals surface area contributed by atoms with Crippen molar-refractivity contribution in [1.29, 1.82) is 0 Å². The van der Waals surface area contributed by atoms with E-state index in [0.29, 0.717) is 19.3 Å². The van der Waals surface area contributed by atoms with Crippen molar-refractivity contribution in [3.63, 3.8) is 0 Å². The number of carboxylic acid groups (broad SMARTS) is 1. The zero-order chi connectivity index (χ0) is 11.6. The summed E-state index contributed by atoms with van der Waals surface area (Å²) in [5.74, 6) is -1.04. The third-order valence-electron chi connectivity index (χ3n) is 2.46. The molecule has 0 aromatic rings. The van der Waals surface area contributed by atoms with Gasteiger partial charge in [0.15, 0.2) is 0 Å². The smallest absolute Gasteiger partial charge is 0.306 e. The highest BCUT2D eigenvalue weighted by molar-refractivity contribution is 5.73. The molecule has 4 nitrogen and oxygen atoms in total. The lowest BCUT2D eigenvalue weighted by molar-refractivity contribution is -0.159. The van der Waals surface area contributed by atoms with Gasteiger partial charge in [0.1, 0.15) is 5.60 Å². The van der Waals surface area contributed by atoms with Gasteiger partial charge in [-0.2, -0.15) is 0 Å². The Labute approximate surface area is 89.6 Å². The maximum absolute atomic E-state index is 11.4. The molecule has 0 aromatic carbocycles. The lowest BCUT2D eigenvalue weighted by Crippen LogP contribution is -2.33. The second-order valence-corrected chi connectivity index (χ2v) is 5.16. The number of ether oxygens (including phenoxy) is 1. The van der Waals surface area contributed by atoms with Crippen LogP contribution in [0.1, 0.15) is 40.0 Å². The van der Waals surface area contributed by atoms with E-state index in [1.807, 2.05) is 20.8 Å². The average Bonchev–Trinajstić information content (AvgIpc) is 1.91. The lowest BCUT2D eigenvalue weighted by Gasteiger charge is -2.32. The van der Waals surface area contributed by atoms with Crippen LogP contribution in [-0.2, 0) is 14.3 Å². The molecule has 86 valence electrons. The van der Waals surface area contributed by atoms with Gasteiger partial charge in [-0.15, -0.1) is 0 Å². The second-order valence-electron chi connectivity index (χ2n) is 5.16. The van der Waals surface area contributed by atoms with E-state index in [9.17, 15) is 9.59 Å². The molecule has 0 aliphatic heterocycles. The van der Waals surface area contributed by atoms with E-state index in [-0.39, 0.29) is 17.8 Å². The average molecular weight is 214 g/mol. The molecule has 0 amide bonds. The third-order valence-corrected chi connectivity index (χ3v) is 2.46. The molecule has 0 heterocycles. The van der Waals surface area contributed by atoms with Crippen LogP contribution in [0.25, 0.3) is 0 Å². The van der Waals surface area contributed by atoms with Gasteiger partial charge in [-0.25, -0.2) is 0 Å². The van der Waals surface area contributed by atoms with Crippen LogP contribution in [0, 0.1) is 11.8 Å². The summed E-state index contributed by atoms with van der Waals surface area (Å²) in [5, 5.41) is 8.66. The van der Waals surface area contributed by atoms with Gasteiger partial charge >= 0.3 is 11.9 Å². The Bertz CT molecular complexity index is 258. The minimum Gasteiger partial charge on any atom is -0.481 e. The van der Waals surface area contributed by atoms with Gasteiger partial charge in [0.2, 0.25) is 0 Å². The normalized spacial score (nSPS) is 25.5. The molecular weight excluding hydrogens is 196 g/mol. The monoisotopic (exact) mass is 214 g/mol. The number of esters is 1. The maximum atomic E-state index is 11.4. The minimum atomic E-state index is -0.754. The lowest BCUT2D eigenvalue weighted by atomic mass is 9.73. The van der Waals surface area contributed by atoms with Crippen molar-refractivity contribution in [2.24, 2.45) is 11.8 Å². The Morgan fingerprint density at radius 3 is 2.27 bits per heavy atom. The van der Waals surface area contributed by atoms with Gasteiger partial charge in [-0.3, -0.25) is 9.59 Å². The molecule has 1 aliphatic carbocycles.